The van der Waals surface area contributed by atoms with Crippen molar-refractivity contribution < 1.29 is 4.74 Å². The van der Waals surface area contributed by atoms with Gasteiger partial charge < -0.3 is 10.1 Å². The van der Waals surface area contributed by atoms with Gasteiger partial charge in [-0.2, -0.15) is 0 Å². The normalized spacial score (nSPS) is 12.1. The van der Waals surface area contributed by atoms with Crippen LogP contribution in [0.1, 0.15) is 62.3 Å². The Morgan fingerprint density at radius 1 is 0.960 bits per heavy atom. The van der Waals surface area contributed by atoms with E-state index in [-0.39, 0.29) is 0 Å². The SMILES string of the molecule is CCCCCCOc1ccc(C(C)NCCc2ccccc2C)cc1. The molecule has 0 spiro atoms. The van der Waals surface area contributed by atoms with E-state index < -0.39 is 0 Å². The molecular formula is C23H33NO. The Bertz CT molecular complexity index is 606. The third-order valence-electron chi connectivity index (χ3n) is 4.75. The van der Waals surface area contributed by atoms with E-state index in [1.54, 1.807) is 0 Å². The predicted molar refractivity (Wildman–Crippen MR) is 107 cm³/mol. The standard InChI is InChI=1S/C23H33NO/c1-4-5-6-9-18-25-23-14-12-22(13-15-23)20(3)24-17-16-21-11-8-7-10-19(21)2/h7-8,10-15,20,24H,4-6,9,16-18H2,1-3H3. The van der Waals surface area contributed by atoms with Gasteiger partial charge in [0.2, 0.25) is 0 Å². The van der Waals surface area contributed by atoms with E-state index in [4.69, 9.17) is 4.74 Å². The third-order valence-corrected chi connectivity index (χ3v) is 4.75. The van der Waals surface area contributed by atoms with Crippen LogP contribution in [0.5, 0.6) is 5.75 Å². The molecule has 2 rings (SSSR count). The summed E-state index contributed by atoms with van der Waals surface area (Å²) in [5, 5.41) is 3.62. The average Bonchev–Trinajstić information content (AvgIpc) is 2.63. The van der Waals surface area contributed by atoms with E-state index in [9.17, 15) is 0 Å². The molecule has 0 amide bonds. The molecule has 2 nitrogen and oxygen atoms in total. The van der Waals surface area contributed by atoms with Crippen molar-refractivity contribution in [2.45, 2.75) is 58.9 Å². The molecule has 0 aliphatic carbocycles. The first-order valence-corrected chi connectivity index (χ1v) is 9.71. The fourth-order valence-corrected chi connectivity index (χ4v) is 3.00. The number of rotatable bonds is 11. The first-order chi connectivity index (χ1) is 12.2. The van der Waals surface area contributed by atoms with Crippen LogP contribution in [0.2, 0.25) is 0 Å². The zero-order chi connectivity index (χ0) is 17.9. The minimum Gasteiger partial charge on any atom is -0.494 e. The van der Waals surface area contributed by atoms with E-state index >= 15 is 0 Å². The van der Waals surface area contributed by atoms with Crippen LogP contribution in [-0.4, -0.2) is 13.2 Å². The molecule has 2 heteroatoms. The van der Waals surface area contributed by atoms with Crippen LogP contribution >= 0.6 is 0 Å². The predicted octanol–water partition coefficient (Wildman–Crippen LogP) is 5.85. The van der Waals surface area contributed by atoms with E-state index in [1.807, 2.05) is 0 Å². The van der Waals surface area contributed by atoms with Gasteiger partial charge in [-0.25, -0.2) is 0 Å². The van der Waals surface area contributed by atoms with Crippen LogP contribution in [0, 0.1) is 6.92 Å². The van der Waals surface area contributed by atoms with Gasteiger partial charge in [0.1, 0.15) is 5.75 Å². The molecule has 0 saturated carbocycles. The summed E-state index contributed by atoms with van der Waals surface area (Å²) in [4.78, 5) is 0. The molecule has 0 aliphatic rings. The Morgan fingerprint density at radius 2 is 1.72 bits per heavy atom. The number of ether oxygens (including phenoxy) is 1. The largest absolute Gasteiger partial charge is 0.494 e. The van der Waals surface area contributed by atoms with Crippen LogP contribution < -0.4 is 10.1 Å². The highest BCUT2D eigenvalue weighted by atomic mass is 16.5. The second-order valence-electron chi connectivity index (χ2n) is 6.83. The molecule has 136 valence electrons. The van der Waals surface area contributed by atoms with Crippen molar-refractivity contribution in [1.29, 1.82) is 0 Å². The third kappa shape index (κ3) is 6.91. The number of aryl methyl sites for hydroxylation is 1. The molecule has 1 unspecified atom stereocenters. The summed E-state index contributed by atoms with van der Waals surface area (Å²) in [5.74, 6) is 0.979. The second-order valence-corrected chi connectivity index (χ2v) is 6.83. The summed E-state index contributed by atoms with van der Waals surface area (Å²) in [7, 11) is 0. The van der Waals surface area contributed by atoms with Crippen LogP contribution in [0.15, 0.2) is 48.5 Å². The summed E-state index contributed by atoms with van der Waals surface area (Å²) in [6.45, 7) is 8.44. The van der Waals surface area contributed by atoms with Gasteiger partial charge in [-0.3, -0.25) is 0 Å². The number of nitrogens with one attached hydrogen (secondary N) is 1. The molecule has 0 heterocycles. The Hall–Kier alpha value is -1.80. The Morgan fingerprint density at radius 3 is 2.44 bits per heavy atom. The van der Waals surface area contributed by atoms with Crippen LogP contribution in [-0.2, 0) is 6.42 Å². The van der Waals surface area contributed by atoms with E-state index in [2.05, 4.69) is 74.6 Å². The number of hydrogen-bond donors (Lipinski definition) is 1. The van der Waals surface area contributed by atoms with Crippen molar-refractivity contribution in [2.75, 3.05) is 13.2 Å². The van der Waals surface area contributed by atoms with Crippen molar-refractivity contribution in [3.05, 3.63) is 65.2 Å². The lowest BCUT2D eigenvalue weighted by Gasteiger charge is -2.15. The maximum atomic E-state index is 5.82. The summed E-state index contributed by atoms with van der Waals surface area (Å²) in [6.07, 6.45) is 6.04. The fraction of sp³-hybridized carbons (Fsp3) is 0.478. The first-order valence-electron chi connectivity index (χ1n) is 9.71. The minimum atomic E-state index is 0.350. The summed E-state index contributed by atoms with van der Waals surface area (Å²) >= 11 is 0. The molecule has 0 bridgehead atoms. The number of unbranched alkanes of at least 4 members (excludes halogenated alkanes) is 3. The molecule has 0 saturated heterocycles. The lowest BCUT2D eigenvalue weighted by atomic mass is 10.0. The Balaban J connectivity index is 1.72. The number of hydrogen-bond acceptors (Lipinski definition) is 2. The Kier molecular flexibility index (Phi) is 8.54. The zero-order valence-corrected chi connectivity index (χ0v) is 16.1. The monoisotopic (exact) mass is 339 g/mol. The quantitative estimate of drug-likeness (QED) is 0.519. The van der Waals surface area contributed by atoms with Gasteiger partial charge in [0.15, 0.2) is 0 Å². The molecule has 2 aromatic carbocycles. The van der Waals surface area contributed by atoms with E-state index in [0.29, 0.717) is 6.04 Å². The van der Waals surface area contributed by atoms with Gasteiger partial charge in [-0.05, 0) is 62.1 Å². The molecule has 2 aromatic rings. The van der Waals surface area contributed by atoms with Gasteiger partial charge in [0.25, 0.3) is 0 Å². The summed E-state index contributed by atoms with van der Waals surface area (Å²) < 4.78 is 5.82. The molecule has 0 aromatic heterocycles. The highest BCUT2D eigenvalue weighted by molar-refractivity contribution is 5.29. The van der Waals surface area contributed by atoms with Gasteiger partial charge in [-0.1, -0.05) is 62.6 Å². The zero-order valence-electron chi connectivity index (χ0n) is 16.1. The lowest BCUT2D eigenvalue weighted by Crippen LogP contribution is -2.21. The lowest BCUT2D eigenvalue weighted by molar-refractivity contribution is 0.305. The highest BCUT2D eigenvalue weighted by Crippen LogP contribution is 2.18. The van der Waals surface area contributed by atoms with Crippen molar-refractivity contribution in [3.8, 4) is 5.75 Å². The molecule has 0 radical (unpaired) electrons. The molecule has 25 heavy (non-hydrogen) atoms. The maximum absolute atomic E-state index is 5.82. The van der Waals surface area contributed by atoms with Gasteiger partial charge >= 0.3 is 0 Å². The fourth-order valence-electron chi connectivity index (χ4n) is 3.00. The molecule has 1 atom stereocenters. The molecule has 0 aliphatic heterocycles. The highest BCUT2D eigenvalue weighted by Gasteiger charge is 2.05. The summed E-state index contributed by atoms with van der Waals surface area (Å²) in [5.41, 5.74) is 4.11. The topological polar surface area (TPSA) is 21.3 Å². The van der Waals surface area contributed by atoms with Gasteiger partial charge in [-0.15, -0.1) is 0 Å². The van der Waals surface area contributed by atoms with E-state index in [1.165, 1.54) is 36.0 Å². The molecule has 1 N–H and O–H groups in total. The van der Waals surface area contributed by atoms with E-state index in [0.717, 1.165) is 31.7 Å². The molecule has 0 fully saturated rings. The van der Waals surface area contributed by atoms with Crippen molar-refractivity contribution in [1.82, 2.24) is 5.32 Å². The van der Waals surface area contributed by atoms with Crippen LogP contribution in [0.3, 0.4) is 0 Å². The van der Waals surface area contributed by atoms with Gasteiger partial charge in [0, 0.05) is 6.04 Å². The minimum absolute atomic E-state index is 0.350. The van der Waals surface area contributed by atoms with Crippen molar-refractivity contribution in [3.63, 3.8) is 0 Å². The van der Waals surface area contributed by atoms with Crippen molar-refractivity contribution >= 4 is 0 Å². The van der Waals surface area contributed by atoms with Gasteiger partial charge in [0.05, 0.1) is 6.61 Å². The van der Waals surface area contributed by atoms with Crippen LogP contribution in [0.25, 0.3) is 0 Å². The molecular weight excluding hydrogens is 306 g/mol. The van der Waals surface area contributed by atoms with Crippen LogP contribution in [0.4, 0.5) is 0 Å². The average molecular weight is 340 g/mol. The summed E-state index contributed by atoms with van der Waals surface area (Å²) in [6, 6.07) is 17.5. The van der Waals surface area contributed by atoms with Crippen molar-refractivity contribution in [2.24, 2.45) is 0 Å². The Labute approximate surface area is 153 Å². The first kappa shape index (κ1) is 19.5. The second kappa shape index (κ2) is 10.9. The maximum Gasteiger partial charge on any atom is 0.119 e. The number of benzene rings is 2. The smallest absolute Gasteiger partial charge is 0.119 e.